The first-order valence-electron chi connectivity index (χ1n) is 12.0. The largest absolute Gasteiger partial charge is 0.490 e. The number of nitrogens with zero attached hydrogens (tertiary/aromatic N) is 6. The Hall–Kier alpha value is -3.76. The van der Waals surface area contributed by atoms with Crippen molar-refractivity contribution in [2.75, 3.05) is 49.7 Å². The van der Waals surface area contributed by atoms with Gasteiger partial charge in [0.15, 0.2) is 11.7 Å². The third-order valence-corrected chi connectivity index (χ3v) is 6.51. The Morgan fingerprint density at radius 3 is 2.58 bits per heavy atom. The van der Waals surface area contributed by atoms with Crippen LogP contribution in [-0.2, 0) is 30.0 Å². The number of fused-ring (bicyclic) bond motifs is 3. The van der Waals surface area contributed by atoms with Gasteiger partial charge in [-0.15, -0.1) is 5.11 Å². The Balaban J connectivity index is 1.28. The van der Waals surface area contributed by atoms with Gasteiger partial charge in [-0.25, -0.2) is 4.98 Å². The van der Waals surface area contributed by atoms with Gasteiger partial charge in [0.25, 0.3) is 11.8 Å². The molecule has 4 heterocycles. The van der Waals surface area contributed by atoms with Crippen LogP contribution in [0.2, 0.25) is 0 Å². The van der Waals surface area contributed by atoms with Crippen LogP contribution in [0.25, 0.3) is 0 Å². The topological polar surface area (TPSA) is 117 Å². The highest BCUT2D eigenvalue weighted by Gasteiger charge is 2.50. The molecule has 218 valence electrons. The van der Waals surface area contributed by atoms with Gasteiger partial charge in [0, 0.05) is 26.3 Å². The molecule has 3 amide bonds. The monoisotopic (exact) mass is 578 g/mol. The fraction of sp³-hybridized carbons (Fsp3) is 0.565. The van der Waals surface area contributed by atoms with Gasteiger partial charge >= 0.3 is 12.4 Å². The van der Waals surface area contributed by atoms with E-state index in [0.29, 0.717) is 12.4 Å². The highest BCUT2D eigenvalue weighted by atomic mass is 19.4. The second kappa shape index (κ2) is 11.0. The van der Waals surface area contributed by atoms with Crippen molar-refractivity contribution in [1.29, 1.82) is 0 Å². The molecule has 3 atom stereocenters. The summed E-state index contributed by atoms with van der Waals surface area (Å²) in [5.74, 6) is -5.37. The number of amides is 3. The van der Waals surface area contributed by atoms with E-state index >= 15 is 0 Å². The number of ether oxygens (including phenoxy) is 2. The minimum Gasteiger partial charge on any atom is -0.490 e. The molecule has 17 heteroatoms. The highest BCUT2D eigenvalue weighted by molar-refractivity contribution is 6.05. The van der Waals surface area contributed by atoms with E-state index in [9.17, 15) is 40.7 Å². The fourth-order valence-electron chi connectivity index (χ4n) is 4.52. The van der Waals surface area contributed by atoms with Crippen molar-refractivity contribution in [3.05, 3.63) is 29.8 Å². The fourth-order valence-corrected chi connectivity index (χ4v) is 4.52. The SMILES string of the molecule is C[C@@H](COCCC(=O)N1CCN2c3ncc(C(F)(F)F)cc3N(C)C(=O)[C@@H]2C1)OC1=CN=NC(=O)C1C(F)(F)F. The van der Waals surface area contributed by atoms with Crippen LogP contribution in [-0.4, -0.2) is 85.8 Å². The summed E-state index contributed by atoms with van der Waals surface area (Å²) < 4.78 is 89.4. The molecule has 3 aliphatic rings. The number of hydrogen-bond donors (Lipinski definition) is 0. The van der Waals surface area contributed by atoms with Gasteiger partial charge in [0.2, 0.25) is 5.91 Å². The maximum atomic E-state index is 13.2. The lowest BCUT2D eigenvalue weighted by Gasteiger charge is -2.46. The molecule has 0 bridgehead atoms. The first-order valence-corrected chi connectivity index (χ1v) is 12.0. The molecule has 1 saturated heterocycles. The predicted octanol–water partition coefficient (Wildman–Crippen LogP) is 2.92. The molecule has 1 aromatic rings. The number of piperazine rings is 1. The Kier molecular flexibility index (Phi) is 8.05. The van der Waals surface area contributed by atoms with E-state index in [1.165, 1.54) is 18.9 Å². The van der Waals surface area contributed by atoms with Crippen molar-refractivity contribution in [2.45, 2.75) is 37.8 Å². The van der Waals surface area contributed by atoms with E-state index in [4.69, 9.17) is 9.47 Å². The normalized spacial score (nSPS) is 22.1. The summed E-state index contributed by atoms with van der Waals surface area (Å²) in [6.07, 6.45) is -9.12. The number of pyridine rings is 1. The van der Waals surface area contributed by atoms with Gasteiger partial charge in [0.1, 0.15) is 17.9 Å². The Bertz CT molecular complexity index is 1240. The summed E-state index contributed by atoms with van der Waals surface area (Å²) >= 11 is 0. The van der Waals surface area contributed by atoms with E-state index < -0.39 is 53.6 Å². The van der Waals surface area contributed by atoms with Crippen LogP contribution in [0.1, 0.15) is 18.9 Å². The highest BCUT2D eigenvalue weighted by Crippen LogP contribution is 2.39. The Morgan fingerprint density at radius 1 is 1.18 bits per heavy atom. The molecule has 4 rings (SSSR count). The molecule has 1 fully saturated rings. The smallest absolute Gasteiger partial charge is 0.417 e. The molecule has 3 aliphatic heterocycles. The summed E-state index contributed by atoms with van der Waals surface area (Å²) in [5.41, 5.74) is -0.953. The summed E-state index contributed by atoms with van der Waals surface area (Å²) in [7, 11) is 1.34. The van der Waals surface area contributed by atoms with Crippen LogP contribution >= 0.6 is 0 Å². The molecule has 0 aliphatic carbocycles. The number of rotatable bonds is 7. The quantitative estimate of drug-likeness (QED) is 0.361. The second-order valence-corrected chi connectivity index (χ2v) is 9.32. The van der Waals surface area contributed by atoms with Crippen molar-refractivity contribution >= 4 is 29.2 Å². The van der Waals surface area contributed by atoms with Gasteiger partial charge in [-0.05, 0) is 13.0 Å². The van der Waals surface area contributed by atoms with Crippen LogP contribution in [0.15, 0.2) is 34.5 Å². The van der Waals surface area contributed by atoms with Crippen LogP contribution in [0.3, 0.4) is 0 Å². The lowest BCUT2D eigenvalue weighted by Crippen LogP contribution is -2.63. The van der Waals surface area contributed by atoms with E-state index in [-0.39, 0.29) is 56.7 Å². The molecule has 0 spiro atoms. The number of anilines is 2. The van der Waals surface area contributed by atoms with Crippen LogP contribution in [0.4, 0.5) is 37.8 Å². The predicted molar refractivity (Wildman–Crippen MR) is 124 cm³/mol. The van der Waals surface area contributed by atoms with Crippen molar-refractivity contribution < 1.29 is 50.2 Å². The number of likely N-dealkylation sites (N-methyl/N-ethyl adjacent to an activating group) is 1. The van der Waals surface area contributed by atoms with Gasteiger partial charge in [-0.2, -0.15) is 31.5 Å². The van der Waals surface area contributed by atoms with E-state index in [0.717, 1.165) is 11.0 Å². The minimum absolute atomic E-state index is 0.0147. The lowest BCUT2D eigenvalue weighted by molar-refractivity contribution is -0.183. The number of hydrogen-bond acceptors (Lipinski definition) is 8. The summed E-state index contributed by atoms with van der Waals surface area (Å²) in [4.78, 5) is 45.3. The average Bonchev–Trinajstić information content (AvgIpc) is 2.87. The van der Waals surface area contributed by atoms with E-state index in [1.807, 2.05) is 0 Å². The average molecular weight is 578 g/mol. The first kappa shape index (κ1) is 29.2. The third-order valence-electron chi connectivity index (χ3n) is 6.51. The van der Waals surface area contributed by atoms with Crippen molar-refractivity contribution in [3.8, 4) is 0 Å². The second-order valence-electron chi connectivity index (χ2n) is 9.32. The zero-order valence-electron chi connectivity index (χ0n) is 21.2. The van der Waals surface area contributed by atoms with Crippen LogP contribution in [0, 0.1) is 5.92 Å². The van der Waals surface area contributed by atoms with Crippen molar-refractivity contribution in [2.24, 2.45) is 16.1 Å². The summed E-state index contributed by atoms with van der Waals surface area (Å²) in [5, 5.41) is 6.11. The van der Waals surface area contributed by atoms with E-state index in [1.54, 1.807) is 4.90 Å². The number of aromatic nitrogens is 1. The molecule has 0 saturated carbocycles. The maximum absolute atomic E-state index is 13.2. The number of carbonyl (C=O) groups is 3. The van der Waals surface area contributed by atoms with Crippen molar-refractivity contribution in [1.82, 2.24) is 9.88 Å². The number of halogens is 6. The molecule has 0 aromatic carbocycles. The molecule has 0 N–H and O–H groups in total. The standard InChI is InChI=1S/C23H24F6N6O5/c1-12(40-16-9-31-32-20(37)18(16)23(27,28)29)11-39-6-3-17(36)34-4-5-35-15(10-34)21(38)33(2)14-7-13(22(24,25)26)8-30-19(14)35/h7-9,12,15,18H,3-6,10-11H2,1-2H3/t12-,15-,18?/m0/s1. The molecular weight excluding hydrogens is 554 g/mol. The number of carbonyl (C=O) groups excluding carboxylic acids is 3. The molecule has 40 heavy (non-hydrogen) atoms. The Labute approximate surface area is 223 Å². The summed E-state index contributed by atoms with van der Waals surface area (Å²) in [6, 6.07) is 0.0329. The van der Waals surface area contributed by atoms with Crippen molar-refractivity contribution in [3.63, 3.8) is 0 Å². The zero-order valence-corrected chi connectivity index (χ0v) is 21.2. The maximum Gasteiger partial charge on any atom is 0.417 e. The molecule has 1 unspecified atom stereocenters. The van der Waals surface area contributed by atoms with Gasteiger partial charge in [0.05, 0.1) is 43.6 Å². The molecule has 11 nitrogen and oxygen atoms in total. The number of azo groups is 1. The lowest BCUT2D eigenvalue weighted by atomic mass is 10.0. The zero-order chi connectivity index (χ0) is 29.4. The number of alkyl halides is 6. The van der Waals surface area contributed by atoms with Gasteiger partial charge < -0.3 is 24.2 Å². The molecule has 0 radical (unpaired) electrons. The minimum atomic E-state index is -4.90. The van der Waals surface area contributed by atoms with E-state index in [2.05, 4.69) is 15.2 Å². The van der Waals surface area contributed by atoms with Gasteiger partial charge in [-0.1, -0.05) is 0 Å². The van der Waals surface area contributed by atoms with Crippen LogP contribution in [0.5, 0.6) is 0 Å². The van der Waals surface area contributed by atoms with Crippen LogP contribution < -0.4 is 9.80 Å². The molecular formula is C23H24F6N6O5. The first-order chi connectivity index (χ1) is 18.7. The summed E-state index contributed by atoms with van der Waals surface area (Å²) in [6.45, 7) is 1.46. The van der Waals surface area contributed by atoms with Gasteiger partial charge in [-0.3, -0.25) is 14.4 Å². The Morgan fingerprint density at radius 2 is 1.90 bits per heavy atom. The molecule has 1 aromatic heterocycles. The third kappa shape index (κ3) is 6.03.